The minimum atomic E-state index is -1.09. The van der Waals surface area contributed by atoms with Crippen LogP contribution in [0.3, 0.4) is 0 Å². The largest absolute Gasteiger partial charge is 0.294 e. The molecule has 1 aromatic rings. The molecule has 1 nitrogen and oxygen atoms in total. The number of ketones is 1. The first-order valence-electron chi connectivity index (χ1n) is 6.72. The summed E-state index contributed by atoms with van der Waals surface area (Å²) in [4.78, 5) is 12.0. The van der Waals surface area contributed by atoms with Crippen molar-refractivity contribution >= 4 is 5.78 Å². The second-order valence-corrected chi connectivity index (χ2v) is 5.81. The molecule has 102 valence electrons. The molecule has 3 rings (SSSR count). The third-order valence-corrected chi connectivity index (χ3v) is 4.62. The van der Waals surface area contributed by atoms with Gasteiger partial charge in [0.2, 0.25) is 0 Å². The van der Waals surface area contributed by atoms with E-state index in [1.54, 1.807) is 0 Å². The molecule has 2 bridgehead atoms. The predicted octanol–water partition coefficient (Wildman–Crippen LogP) is 4.11. The van der Waals surface area contributed by atoms with E-state index in [1.807, 2.05) is 0 Å². The molecule has 4 heteroatoms. The second kappa shape index (κ2) is 4.66. The molecule has 0 spiro atoms. The number of carbonyl (C=O) groups excluding carboxylic acids is 1. The van der Waals surface area contributed by atoms with Gasteiger partial charge in [-0.2, -0.15) is 0 Å². The fourth-order valence-electron chi connectivity index (χ4n) is 3.78. The van der Waals surface area contributed by atoms with Crippen molar-refractivity contribution in [3.05, 3.63) is 35.1 Å². The summed E-state index contributed by atoms with van der Waals surface area (Å²) in [6, 6.07) is 1.13. The Kier molecular flexibility index (Phi) is 3.11. The normalized spacial score (nSPS) is 28.9. The SMILES string of the molecule is O=C(CC1CC2CCC1C2)c1c(F)cc(F)cc1F. The lowest BCUT2D eigenvalue weighted by Crippen LogP contribution is -2.17. The summed E-state index contributed by atoms with van der Waals surface area (Å²) in [5.41, 5.74) is -0.579. The van der Waals surface area contributed by atoms with Crippen LogP contribution >= 0.6 is 0 Å². The molecule has 0 aliphatic heterocycles. The van der Waals surface area contributed by atoms with Crippen molar-refractivity contribution in [1.29, 1.82) is 0 Å². The third kappa shape index (κ3) is 2.28. The van der Waals surface area contributed by atoms with Gasteiger partial charge in [-0.15, -0.1) is 0 Å². The van der Waals surface area contributed by atoms with E-state index >= 15 is 0 Å². The zero-order valence-electron chi connectivity index (χ0n) is 10.5. The molecule has 0 amide bonds. The van der Waals surface area contributed by atoms with Gasteiger partial charge in [-0.25, -0.2) is 13.2 Å². The van der Waals surface area contributed by atoms with E-state index < -0.39 is 28.8 Å². The molecule has 2 fully saturated rings. The quantitative estimate of drug-likeness (QED) is 0.754. The number of fused-ring (bicyclic) bond motifs is 2. The lowest BCUT2D eigenvalue weighted by molar-refractivity contribution is 0.0935. The fourth-order valence-corrected chi connectivity index (χ4v) is 3.78. The Morgan fingerprint density at radius 2 is 1.79 bits per heavy atom. The zero-order valence-corrected chi connectivity index (χ0v) is 10.5. The fraction of sp³-hybridized carbons (Fsp3) is 0.533. The molecular weight excluding hydrogens is 253 g/mol. The maximum absolute atomic E-state index is 13.5. The van der Waals surface area contributed by atoms with Crippen LogP contribution < -0.4 is 0 Å². The van der Waals surface area contributed by atoms with E-state index in [2.05, 4.69) is 0 Å². The van der Waals surface area contributed by atoms with Gasteiger partial charge in [-0.3, -0.25) is 4.79 Å². The van der Waals surface area contributed by atoms with Crippen molar-refractivity contribution in [2.45, 2.75) is 32.1 Å². The van der Waals surface area contributed by atoms with E-state index in [9.17, 15) is 18.0 Å². The average molecular weight is 268 g/mol. The molecule has 19 heavy (non-hydrogen) atoms. The van der Waals surface area contributed by atoms with Crippen molar-refractivity contribution in [3.63, 3.8) is 0 Å². The summed E-state index contributed by atoms with van der Waals surface area (Å²) in [6.07, 6.45) is 4.65. The summed E-state index contributed by atoms with van der Waals surface area (Å²) >= 11 is 0. The molecule has 2 saturated carbocycles. The molecule has 0 radical (unpaired) electrons. The Balaban J connectivity index is 1.77. The highest BCUT2D eigenvalue weighted by molar-refractivity contribution is 5.96. The molecule has 0 aromatic heterocycles. The molecule has 2 aliphatic carbocycles. The van der Waals surface area contributed by atoms with Crippen molar-refractivity contribution in [2.24, 2.45) is 17.8 Å². The van der Waals surface area contributed by atoms with Crippen molar-refractivity contribution < 1.29 is 18.0 Å². The van der Waals surface area contributed by atoms with Gasteiger partial charge in [-0.1, -0.05) is 6.42 Å². The number of benzene rings is 1. The lowest BCUT2D eigenvalue weighted by atomic mass is 9.84. The van der Waals surface area contributed by atoms with E-state index in [4.69, 9.17) is 0 Å². The van der Waals surface area contributed by atoms with E-state index in [0.717, 1.165) is 19.3 Å². The Bertz CT molecular complexity index is 503. The highest BCUT2D eigenvalue weighted by atomic mass is 19.1. The first kappa shape index (κ1) is 12.7. The minimum Gasteiger partial charge on any atom is -0.294 e. The van der Waals surface area contributed by atoms with Crippen molar-refractivity contribution in [3.8, 4) is 0 Å². The van der Waals surface area contributed by atoms with Crippen LogP contribution in [0, 0.1) is 35.2 Å². The number of hydrogen-bond donors (Lipinski definition) is 0. The van der Waals surface area contributed by atoms with Crippen LogP contribution in [0.5, 0.6) is 0 Å². The van der Waals surface area contributed by atoms with Crippen molar-refractivity contribution in [2.75, 3.05) is 0 Å². The second-order valence-electron chi connectivity index (χ2n) is 5.81. The molecule has 2 aliphatic rings. The molecule has 0 N–H and O–H groups in total. The number of Topliss-reactive ketones (excluding diaryl/α,β-unsaturated/α-hetero) is 1. The van der Waals surface area contributed by atoms with Crippen LogP contribution in [-0.2, 0) is 0 Å². The van der Waals surface area contributed by atoms with E-state index in [1.165, 1.54) is 6.42 Å². The van der Waals surface area contributed by atoms with Gasteiger partial charge in [0.05, 0.1) is 5.56 Å². The lowest BCUT2D eigenvalue weighted by Gasteiger charge is -2.20. The molecule has 3 atom stereocenters. The Morgan fingerprint density at radius 3 is 2.32 bits per heavy atom. The van der Waals surface area contributed by atoms with E-state index in [0.29, 0.717) is 24.0 Å². The summed E-state index contributed by atoms with van der Waals surface area (Å²) in [7, 11) is 0. The van der Waals surface area contributed by atoms with Crippen LogP contribution in [0.1, 0.15) is 42.5 Å². The van der Waals surface area contributed by atoms with Gasteiger partial charge in [0.25, 0.3) is 0 Å². The topological polar surface area (TPSA) is 17.1 Å². The molecule has 0 heterocycles. The first-order chi connectivity index (χ1) is 9.04. The molecule has 0 saturated heterocycles. The Morgan fingerprint density at radius 1 is 1.11 bits per heavy atom. The van der Waals surface area contributed by atoms with E-state index in [-0.39, 0.29) is 12.3 Å². The van der Waals surface area contributed by atoms with Gasteiger partial charge in [0, 0.05) is 18.6 Å². The van der Waals surface area contributed by atoms with Gasteiger partial charge in [-0.05, 0) is 37.0 Å². The number of halogens is 3. The molecule has 1 aromatic carbocycles. The van der Waals surface area contributed by atoms with Crippen molar-refractivity contribution in [1.82, 2.24) is 0 Å². The number of hydrogen-bond acceptors (Lipinski definition) is 1. The third-order valence-electron chi connectivity index (χ3n) is 4.62. The molecule has 3 unspecified atom stereocenters. The van der Waals surface area contributed by atoms with Crippen LogP contribution in [-0.4, -0.2) is 5.78 Å². The summed E-state index contributed by atoms with van der Waals surface area (Å²) in [5.74, 6) is -2.25. The Labute approximate surface area is 109 Å². The number of rotatable bonds is 3. The molecular formula is C15H15F3O. The van der Waals surface area contributed by atoms with Gasteiger partial charge < -0.3 is 0 Å². The highest BCUT2D eigenvalue weighted by Gasteiger charge is 2.40. The van der Waals surface area contributed by atoms with Crippen LogP contribution in [0.25, 0.3) is 0 Å². The monoisotopic (exact) mass is 268 g/mol. The van der Waals surface area contributed by atoms with Gasteiger partial charge in [0.1, 0.15) is 17.5 Å². The van der Waals surface area contributed by atoms with Gasteiger partial charge >= 0.3 is 0 Å². The summed E-state index contributed by atoms with van der Waals surface area (Å²) in [6.45, 7) is 0. The van der Waals surface area contributed by atoms with Crippen LogP contribution in [0.4, 0.5) is 13.2 Å². The maximum atomic E-state index is 13.5. The summed E-state index contributed by atoms with van der Waals surface area (Å²) in [5, 5.41) is 0. The first-order valence-corrected chi connectivity index (χ1v) is 6.72. The summed E-state index contributed by atoms with van der Waals surface area (Å²) < 4.78 is 39.9. The predicted molar refractivity (Wildman–Crippen MR) is 64.2 cm³/mol. The standard InChI is InChI=1S/C15H15F3O/c16-11-6-12(17)15(13(18)7-11)14(19)5-10-4-8-1-2-9(10)3-8/h6-10H,1-5H2. The highest BCUT2D eigenvalue weighted by Crippen LogP contribution is 2.49. The number of carbonyl (C=O) groups is 1. The average Bonchev–Trinajstić information content (AvgIpc) is 2.89. The Hall–Kier alpha value is -1.32. The zero-order chi connectivity index (χ0) is 13.6. The van der Waals surface area contributed by atoms with Gasteiger partial charge in [0.15, 0.2) is 5.78 Å². The minimum absolute atomic E-state index is 0.181. The van der Waals surface area contributed by atoms with Crippen LogP contribution in [0.15, 0.2) is 12.1 Å². The smallest absolute Gasteiger partial charge is 0.169 e. The van der Waals surface area contributed by atoms with Crippen LogP contribution in [0.2, 0.25) is 0 Å². The maximum Gasteiger partial charge on any atom is 0.169 e.